The minimum Gasteiger partial charge on any atom is -0.480 e. The van der Waals surface area contributed by atoms with Crippen molar-refractivity contribution in [2.45, 2.75) is 24.6 Å². The van der Waals surface area contributed by atoms with Crippen molar-refractivity contribution >= 4 is 21.9 Å². The highest BCUT2D eigenvalue weighted by atomic mass is 32.2. The number of hydrogen-bond donors (Lipinski definition) is 2. The Hall–Kier alpha value is -1.93. The lowest BCUT2D eigenvalue weighted by atomic mass is 10.1. The van der Waals surface area contributed by atoms with Crippen LogP contribution in [0.3, 0.4) is 0 Å². The Balaban J connectivity index is 2.23. The number of rotatable bonds is 4. The van der Waals surface area contributed by atoms with Crippen molar-refractivity contribution in [3.63, 3.8) is 0 Å². The minimum atomic E-state index is -3.68. The summed E-state index contributed by atoms with van der Waals surface area (Å²) >= 11 is 0. The first-order valence-corrected chi connectivity index (χ1v) is 8.12. The van der Waals surface area contributed by atoms with Crippen molar-refractivity contribution in [3.8, 4) is 0 Å². The van der Waals surface area contributed by atoms with Crippen LogP contribution >= 0.6 is 0 Å². The number of aliphatic carboxylic acids is 1. The zero-order chi connectivity index (χ0) is 15.6. The number of hydrogen-bond acceptors (Lipinski definition) is 4. The van der Waals surface area contributed by atoms with Gasteiger partial charge in [-0.15, -0.1) is 0 Å². The van der Waals surface area contributed by atoms with Crippen molar-refractivity contribution in [2.24, 2.45) is 5.14 Å². The predicted octanol–water partition coefficient (Wildman–Crippen LogP) is 0.164. The molecule has 0 aliphatic carbocycles. The topological polar surface area (TPSA) is 118 Å². The number of benzene rings is 1. The molecule has 1 aromatic carbocycles. The SMILES string of the molecule is NS(=O)(=O)Cc1cccc(C(=O)N2CCC[C@@H]2C(=O)O)c1. The number of carbonyl (C=O) groups is 2. The van der Waals surface area contributed by atoms with E-state index in [1.807, 2.05) is 0 Å². The summed E-state index contributed by atoms with van der Waals surface area (Å²) in [5.41, 5.74) is 0.665. The highest BCUT2D eigenvalue weighted by Crippen LogP contribution is 2.21. The molecule has 0 radical (unpaired) electrons. The maximum Gasteiger partial charge on any atom is 0.326 e. The van der Waals surface area contributed by atoms with E-state index in [2.05, 4.69) is 0 Å². The van der Waals surface area contributed by atoms with E-state index in [0.717, 1.165) is 0 Å². The third-order valence-corrected chi connectivity index (χ3v) is 4.08. The van der Waals surface area contributed by atoms with Crippen LogP contribution in [0.4, 0.5) is 0 Å². The second-order valence-corrected chi connectivity index (χ2v) is 6.62. The Bertz CT molecular complexity index is 671. The number of nitrogens with two attached hydrogens (primary N) is 1. The number of carboxylic acid groups (broad SMARTS) is 1. The highest BCUT2D eigenvalue weighted by Gasteiger charge is 2.34. The van der Waals surface area contributed by atoms with Gasteiger partial charge in [-0.25, -0.2) is 18.4 Å². The van der Waals surface area contributed by atoms with Gasteiger partial charge in [0.2, 0.25) is 10.0 Å². The second-order valence-electron chi connectivity index (χ2n) is 5.00. The first kappa shape index (κ1) is 15.5. The van der Waals surface area contributed by atoms with E-state index in [-0.39, 0.29) is 11.3 Å². The van der Waals surface area contributed by atoms with Gasteiger partial charge in [-0.05, 0) is 30.5 Å². The second kappa shape index (κ2) is 5.82. The number of primary sulfonamides is 1. The molecular formula is C13H16N2O5S. The average molecular weight is 312 g/mol. The van der Waals surface area contributed by atoms with E-state index in [1.54, 1.807) is 12.1 Å². The van der Waals surface area contributed by atoms with Gasteiger partial charge in [0.15, 0.2) is 0 Å². The molecule has 3 N–H and O–H groups in total. The average Bonchev–Trinajstić information content (AvgIpc) is 2.85. The molecule has 1 fully saturated rings. The van der Waals surface area contributed by atoms with Crippen LogP contribution in [0, 0.1) is 0 Å². The molecule has 0 saturated carbocycles. The Kier molecular flexibility index (Phi) is 4.29. The predicted molar refractivity (Wildman–Crippen MR) is 74.9 cm³/mol. The van der Waals surface area contributed by atoms with Crippen LogP contribution in [0.25, 0.3) is 0 Å². The van der Waals surface area contributed by atoms with Crippen molar-refractivity contribution in [1.29, 1.82) is 0 Å². The highest BCUT2D eigenvalue weighted by molar-refractivity contribution is 7.88. The smallest absolute Gasteiger partial charge is 0.326 e. The van der Waals surface area contributed by atoms with Crippen LogP contribution < -0.4 is 5.14 Å². The summed E-state index contributed by atoms with van der Waals surface area (Å²) in [5, 5.41) is 14.1. The van der Waals surface area contributed by atoms with E-state index in [9.17, 15) is 18.0 Å². The van der Waals surface area contributed by atoms with Gasteiger partial charge >= 0.3 is 5.97 Å². The molecule has 1 heterocycles. The lowest BCUT2D eigenvalue weighted by Gasteiger charge is -2.21. The normalized spacial score (nSPS) is 18.7. The molecule has 1 aliphatic heterocycles. The van der Waals surface area contributed by atoms with E-state index in [1.165, 1.54) is 17.0 Å². The first-order chi connectivity index (χ1) is 9.78. The molecule has 1 saturated heterocycles. The molecule has 8 heteroatoms. The number of amides is 1. The van der Waals surface area contributed by atoms with Crippen LogP contribution in [-0.4, -0.2) is 42.9 Å². The lowest BCUT2D eigenvalue weighted by Crippen LogP contribution is -2.40. The minimum absolute atomic E-state index is 0.268. The third-order valence-electron chi connectivity index (χ3n) is 3.34. The molecule has 1 amide bonds. The first-order valence-electron chi connectivity index (χ1n) is 6.41. The molecule has 114 valence electrons. The van der Waals surface area contributed by atoms with E-state index in [4.69, 9.17) is 10.2 Å². The van der Waals surface area contributed by atoms with Crippen LogP contribution in [0.1, 0.15) is 28.8 Å². The van der Waals surface area contributed by atoms with Crippen LogP contribution in [-0.2, 0) is 20.6 Å². The maximum absolute atomic E-state index is 12.4. The van der Waals surface area contributed by atoms with Crippen LogP contribution in [0.15, 0.2) is 24.3 Å². The largest absolute Gasteiger partial charge is 0.480 e. The third kappa shape index (κ3) is 3.79. The van der Waals surface area contributed by atoms with Crippen molar-refractivity contribution in [2.75, 3.05) is 6.54 Å². The van der Waals surface area contributed by atoms with Gasteiger partial charge < -0.3 is 10.0 Å². The van der Waals surface area contributed by atoms with Gasteiger partial charge in [0.05, 0.1) is 5.75 Å². The van der Waals surface area contributed by atoms with Gasteiger partial charge in [-0.3, -0.25) is 4.79 Å². The molecule has 0 spiro atoms. The number of carbonyl (C=O) groups excluding carboxylic acids is 1. The fraction of sp³-hybridized carbons (Fsp3) is 0.385. The molecule has 1 atom stereocenters. The van der Waals surface area contributed by atoms with E-state index in [0.29, 0.717) is 24.9 Å². The molecule has 7 nitrogen and oxygen atoms in total. The summed E-state index contributed by atoms with van der Waals surface area (Å²) in [4.78, 5) is 24.8. The summed E-state index contributed by atoms with van der Waals surface area (Å²) in [6, 6.07) is 5.26. The lowest BCUT2D eigenvalue weighted by molar-refractivity contribution is -0.141. The maximum atomic E-state index is 12.4. The fourth-order valence-corrected chi connectivity index (χ4v) is 3.10. The molecule has 0 bridgehead atoms. The molecule has 21 heavy (non-hydrogen) atoms. The van der Waals surface area contributed by atoms with Crippen LogP contribution in [0.5, 0.6) is 0 Å². The molecule has 2 rings (SSSR count). The standard InChI is InChI=1S/C13H16N2O5S/c14-21(19,20)8-9-3-1-4-10(7-9)12(16)15-6-2-5-11(15)13(17)18/h1,3-4,7,11H,2,5-6,8H2,(H,17,18)(H2,14,19,20)/t11-/m1/s1. The fourth-order valence-electron chi connectivity index (χ4n) is 2.46. The van der Waals surface area contributed by atoms with Gasteiger partial charge in [0.25, 0.3) is 5.91 Å². The Morgan fingerprint density at radius 1 is 1.38 bits per heavy atom. The number of carboxylic acids is 1. The van der Waals surface area contributed by atoms with Gasteiger partial charge in [0.1, 0.15) is 6.04 Å². The zero-order valence-electron chi connectivity index (χ0n) is 11.2. The van der Waals surface area contributed by atoms with Crippen molar-refractivity contribution < 1.29 is 23.1 Å². The van der Waals surface area contributed by atoms with Crippen LogP contribution in [0.2, 0.25) is 0 Å². The molecular weight excluding hydrogens is 296 g/mol. The Labute approximate surface area is 122 Å². The Morgan fingerprint density at radius 3 is 2.71 bits per heavy atom. The number of likely N-dealkylation sites (tertiary alicyclic amines) is 1. The Morgan fingerprint density at radius 2 is 2.10 bits per heavy atom. The number of nitrogens with zero attached hydrogens (tertiary/aromatic N) is 1. The van der Waals surface area contributed by atoms with Crippen molar-refractivity contribution in [1.82, 2.24) is 4.90 Å². The summed E-state index contributed by atoms with van der Waals surface area (Å²) in [6.45, 7) is 0.384. The molecule has 0 unspecified atom stereocenters. The number of sulfonamides is 1. The quantitative estimate of drug-likeness (QED) is 0.821. The molecule has 0 aromatic heterocycles. The summed E-state index contributed by atoms with van der Waals surface area (Å²) in [6.07, 6.45) is 1.07. The van der Waals surface area contributed by atoms with E-state index < -0.39 is 27.9 Å². The summed E-state index contributed by atoms with van der Waals surface area (Å²) in [5.74, 6) is -1.80. The monoisotopic (exact) mass is 312 g/mol. The summed E-state index contributed by atoms with van der Waals surface area (Å²) in [7, 11) is -3.68. The molecule has 1 aromatic rings. The van der Waals surface area contributed by atoms with E-state index >= 15 is 0 Å². The summed E-state index contributed by atoms with van der Waals surface area (Å²) < 4.78 is 22.2. The zero-order valence-corrected chi connectivity index (χ0v) is 12.0. The van der Waals surface area contributed by atoms with Gasteiger partial charge in [-0.2, -0.15) is 0 Å². The molecule has 1 aliphatic rings. The van der Waals surface area contributed by atoms with Gasteiger partial charge in [-0.1, -0.05) is 12.1 Å². The van der Waals surface area contributed by atoms with Crippen molar-refractivity contribution in [3.05, 3.63) is 35.4 Å². The van der Waals surface area contributed by atoms with Gasteiger partial charge in [0, 0.05) is 12.1 Å².